The molecule has 1 aliphatic carbocycles. The van der Waals surface area contributed by atoms with Crippen LogP contribution in [0.4, 0.5) is 24.7 Å². The number of anilines is 2. The number of nitrogens with zero attached hydrogens (tertiary/aromatic N) is 5. The average Bonchev–Trinajstić information content (AvgIpc) is 2.91. The van der Waals surface area contributed by atoms with Gasteiger partial charge < -0.3 is 19.9 Å². The van der Waals surface area contributed by atoms with Crippen LogP contribution in [-0.4, -0.2) is 59.5 Å². The predicted molar refractivity (Wildman–Crippen MR) is 130 cm³/mol. The van der Waals surface area contributed by atoms with Crippen molar-refractivity contribution in [3.05, 3.63) is 53.0 Å². The van der Waals surface area contributed by atoms with Crippen molar-refractivity contribution >= 4 is 23.3 Å². The van der Waals surface area contributed by atoms with Gasteiger partial charge in [0.05, 0.1) is 36.8 Å². The van der Waals surface area contributed by atoms with Crippen LogP contribution in [-0.2, 0) is 27.8 Å². The fraction of sp³-hybridized carbons (Fsp3) is 0.423. The molecule has 1 saturated heterocycles. The summed E-state index contributed by atoms with van der Waals surface area (Å²) in [6.07, 6.45) is 1.33. The van der Waals surface area contributed by atoms with Crippen molar-refractivity contribution in [2.24, 2.45) is 0 Å². The second-order valence-corrected chi connectivity index (χ2v) is 9.68. The highest BCUT2D eigenvalue weighted by Crippen LogP contribution is 2.47. The first-order valence-corrected chi connectivity index (χ1v) is 12.2. The van der Waals surface area contributed by atoms with E-state index < -0.39 is 34.8 Å². The summed E-state index contributed by atoms with van der Waals surface area (Å²) >= 11 is 0. The molecule has 1 fully saturated rings. The first-order chi connectivity index (χ1) is 18.2. The molecular weight excluding hydrogens is 501 g/mol. The summed E-state index contributed by atoms with van der Waals surface area (Å²) in [6.45, 7) is 3.56. The van der Waals surface area contributed by atoms with E-state index in [0.29, 0.717) is 42.0 Å². The highest BCUT2D eigenvalue weighted by atomic mass is 19.2. The lowest BCUT2D eigenvalue weighted by Crippen LogP contribution is -2.56. The number of ether oxygens (including phenoxy) is 1. The van der Waals surface area contributed by atoms with Crippen molar-refractivity contribution in [1.82, 2.24) is 14.9 Å². The maximum absolute atomic E-state index is 14.7. The van der Waals surface area contributed by atoms with Crippen molar-refractivity contribution in [1.29, 1.82) is 5.26 Å². The number of halogens is 3. The minimum Gasteiger partial charge on any atom is -0.467 e. The van der Waals surface area contributed by atoms with E-state index in [9.17, 15) is 28.0 Å². The van der Waals surface area contributed by atoms with Crippen LogP contribution in [0.5, 0.6) is 6.01 Å². The molecule has 0 saturated carbocycles. The SMILES string of the molecule is C=C(F)C(=O)N1CCN(c2nc(OC)nc3c2NC(=O)C2(CCCc4c2ccc(F)c4F)C3)CC1CC#N. The lowest BCUT2D eigenvalue weighted by atomic mass is 9.65. The lowest BCUT2D eigenvalue weighted by Gasteiger charge is -2.44. The molecule has 0 radical (unpaired) electrons. The summed E-state index contributed by atoms with van der Waals surface area (Å²) in [6, 6.07) is 3.94. The van der Waals surface area contributed by atoms with Crippen LogP contribution in [0, 0.1) is 23.0 Å². The molecule has 2 atom stereocenters. The molecule has 1 spiro atoms. The van der Waals surface area contributed by atoms with Crippen LogP contribution in [0.25, 0.3) is 0 Å². The van der Waals surface area contributed by atoms with Gasteiger partial charge in [-0.05, 0) is 36.5 Å². The summed E-state index contributed by atoms with van der Waals surface area (Å²) in [5.41, 5.74) is 0.322. The van der Waals surface area contributed by atoms with Crippen molar-refractivity contribution in [2.45, 2.75) is 43.6 Å². The number of carbonyl (C=O) groups is 2. The number of benzene rings is 1. The van der Waals surface area contributed by atoms with Gasteiger partial charge >= 0.3 is 6.01 Å². The first kappa shape index (κ1) is 25.5. The molecule has 3 heterocycles. The molecule has 2 aromatic rings. The topological polar surface area (TPSA) is 111 Å². The Morgan fingerprint density at radius 1 is 1.34 bits per heavy atom. The van der Waals surface area contributed by atoms with Crippen LogP contribution >= 0.6 is 0 Å². The number of nitriles is 1. The Bertz CT molecular complexity index is 1390. The molecule has 3 aliphatic rings. The van der Waals surface area contributed by atoms with Gasteiger partial charge in [0.25, 0.3) is 5.91 Å². The average molecular weight is 527 g/mol. The van der Waals surface area contributed by atoms with Crippen molar-refractivity contribution in [3.8, 4) is 12.1 Å². The standard InChI is InChI=1S/C26H25F3N6O3/c1-14(27)23(36)35-11-10-34(13-15(35)7-9-30)22-21-19(31-25(33-22)38-2)12-26(24(37)32-21)8-3-4-16-17(26)5-6-18(28)20(16)29/h5-6,15H,1,3-4,7-8,10-13H2,2H3,(H,32,37). The maximum Gasteiger partial charge on any atom is 0.318 e. The largest absolute Gasteiger partial charge is 0.467 e. The van der Waals surface area contributed by atoms with Crippen LogP contribution in [0.15, 0.2) is 24.5 Å². The Hall–Kier alpha value is -4.14. The van der Waals surface area contributed by atoms with Crippen LogP contribution < -0.4 is 15.0 Å². The second kappa shape index (κ2) is 9.63. The molecule has 1 N–H and O–H groups in total. The lowest BCUT2D eigenvalue weighted by molar-refractivity contribution is -0.131. The Balaban J connectivity index is 1.54. The minimum absolute atomic E-state index is 0.0406. The molecule has 1 aromatic carbocycles. The Kier molecular flexibility index (Phi) is 6.46. The molecule has 12 heteroatoms. The molecule has 2 unspecified atom stereocenters. The van der Waals surface area contributed by atoms with Gasteiger partial charge in [0.2, 0.25) is 5.91 Å². The number of methoxy groups -OCH3 is 1. The molecule has 38 heavy (non-hydrogen) atoms. The highest BCUT2D eigenvalue weighted by molar-refractivity contribution is 6.04. The van der Waals surface area contributed by atoms with Gasteiger partial charge in [0, 0.05) is 26.1 Å². The molecule has 198 valence electrons. The summed E-state index contributed by atoms with van der Waals surface area (Å²) < 4.78 is 47.6. The zero-order chi connectivity index (χ0) is 27.2. The van der Waals surface area contributed by atoms with Gasteiger partial charge in [0.15, 0.2) is 23.3 Å². The number of rotatable bonds is 4. The van der Waals surface area contributed by atoms with Crippen molar-refractivity contribution in [3.63, 3.8) is 0 Å². The number of amides is 2. The third-order valence-electron chi connectivity index (χ3n) is 7.61. The molecule has 1 aromatic heterocycles. The Morgan fingerprint density at radius 2 is 2.13 bits per heavy atom. The van der Waals surface area contributed by atoms with E-state index in [4.69, 9.17) is 4.74 Å². The van der Waals surface area contributed by atoms with E-state index in [1.807, 2.05) is 6.07 Å². The van der Waals surface area contributed by atoms with E-state index in [0.717, 1.165) is 6.07 Å². The number of piperazine rings is 1. The number of aromatic nitrogens is 2. The molecule has 2 amide bonds. The molecule has 5 rings (SSSR count). The first-order valence-electron chi connectivity index (χ1n) is 12.2. The zero-order valence-corrected chi connectivity index (χ0v) is 20.7. The van der Waals surface area contributed by atoms with Gasteiger partial charge in [0.1, 0.15) is 5.69 Å². The number of carbonyl (C=O) groups excluding carboxylic acids is 2. The molecule has 9 nitrogen and oxygen atoms in total. The van der Waals surface area contributed by atoms with Crippen molar-refractivity contribution < 1.29 is 27.5 Å². The number of hydrogen-bond donors (Lipinski definition) is 1. The molecular formula is C26H25F3N6O3. The monoisotopic (exact) mass is 526 g/mol. The fourth-order valence-electron chi connectivity index (χ4n) is 5.80. The third-order valence-corrected chi connectivity index (χ3v) is 7.61. The third kappa shape index (κ3) is 4.02. The van der Waals surface area contributed by atoms with Crippen LogP contribution in [0.3, 0.4) is 0 Å². The van der Waals surface area contributed by atoms with E-state index in [1.165, 1.54) is 18.1 Å². The Morgan fingerprint density at radius 3 is 2.84 bits per heavy atom. The van der Waals surface area contributed by atoms with Crippen molar-refractivity contribution in [2.75, 3.05) is 37.0 Å². The van der Waals surface area contributed by atoms with Gasteiger partial charge in [-0.1, -0.05) is 12.6 Å². The van der Waals surface area contributed by atoms with Gasteiger partial charge in [-0.25, -0.2) is 13.2 Å². The Labute approximate surface area is 216 Å². The number of fused-ring (bicyclic) bond motifs is 3. The highest BCUT2D eigenvalue weighted by Gasteiger charge is 2.49. The maximum atomic E-state index is 14.7. The van der Waals surface area contributed by atoms with E-state index in [-0.39, 0.29) is 50.0 Å². The van der Waals surface area contributed by atoms with Gasteiger partial charge in [-0.3, -0.25) is 9.59 Å². The minimum atomic E-state index is -1.14. The van der Waals surface area contributed by atoms with E-state index in [2.05, 4.69) is 21.9 Å². The van der Waals surface area contributed by atoms with Gasteiger partial charge in [-0.2, -0.15) is 15.2 Å². The van der Waals surface area contributed by atoms with Crippen LogP contribution in [0.2, 0.25) is 0 Å². The smallest absolute Gasteiger partial charge is 0.318 e. The van der Waals surface area contributed by atoms with Gasteiger partial charge in [-0.15, -0.1) is 0 Å². The van der Waals surface area contributed by atoms with E-state index >= 15 is 0 Å². The number of hydrogen-bond acceptors (Lipinski definition) is 7. The second-order valence-electron chi connectivity index (χ2n) is 9.68. The summed E-state index contributed by atoms with van der Waals surface area (Å²) in [5.74, 6) is -3.91. The molecule has 2 aliphatic heterocycles. The predicted octanol–water partition coefficient (Wildman–Crippen LogP) is 2.95. The quantitative estimate of drug-likeness (QED) is 0.610. The fourth-order valence-corrected chi connectivity index (χ4v) is 5.80. The van der Waals surface area contributed by atoms with E-state index in [1.54, 1.807) is 4.90 Å². The normalized spacial score (nSPS) is 22.3. The summed E-state index contributed by atoms with van der Waals surface area (Å²) in [7, 11) is 1.40. The summed E-state index contributed by atoms with van der Waals surface area (Å²) in [4.78, 5) is 38.0. The molecule has 0 bridgehead atoms. The van der Waals surface area contributed by atoms with Crippen LogP contribution in [0.1, 0.15) is 36.1 Å². The summed E-state index contributed by atoms with van der Waals surface area (Å²) in [5, 5.41) is 12.2. The number of nitrogens with one attached hydrogen (secondary N) is 1. The zero-order valence-electron chi connectivity index (χ0n) is 20.7.